The zero-order chi connectivity index (χ0) is 9.80. The minimum Gasteiger partial charge on any atom is -0.486 e. The quantitative estimate of drug-likeness (QED) is 0.705. The fourth-order valence-electron chi connectivity index (χ4n) is 1.17. The Labute approximate surface area is 82.7 Å². The van der Waals surface area contributed by atoms with Gasteiger partial charge in [-0.25, -0.2) is 0 Å². The molecule has 1 aromatic carbocycles. The highest BCUT2D eigenvalue weighted by Crippen LogP contribution is 2.29. The molecule has 0 atom stereocenters. The van der Waals surface area contributed by atoms with E-state index in [0.29, 0.717) is 13.2 Å². The molecule has 0 radical (unpaired) electrons. The van der Waals surface area contributed by atoms with E-state index in [0.717, 1.165) is 5.75 Å². The Morgan fingerprint density at radius 2 is 1.86 bits per heavy atom. The van der Waals surface area contributed by atoms with Crippen molar-refractivity contribution in [3.63, 3.8) is 0 Å². The second kappa shape index (κ2) is 4.60. The topological polar surface area (TPSA) is 44.8 Å². The smallest absolute Gasteiger partial charge is 0.319 e. The van der Waals surface area contributed by atoms with Crippen LogP contribution in [0.15, 0.2) is 30.3 Å². The Morgan fingerprint density at radius 3 is 2.50 bits per heavy atom. The molecule has 0 saturated carbocycles. The van der Waals surface area contributed by atoms with E-state index in [1.807, 2.05) is 30.3 Å². The van der Waals surface area contributed by atoms with Crippen LogP contribution >= 0.6 is 8.25 Å². The summed E-state index contributed by atoms with van der Waals surface area (Å²) < 4.78 is 26.0. The van der Waals surface area contributed by atoms with Crippen molar-refractivity contribution in [2.45, 2.75) is 6.10 Å². The SMILES string of the molecule is O=[PH]1OCC(Oc2ccccc2)CO1. The fourth-order valence-corrected chi connectivity index (χ4v) is 1.90. The Bertz CT molecular complexity index is 304. The Hall–Kier alpha value is -0.830. The number of rotatable bonds is 2. The second-order valence-corrected chi connectivity index (χ2v) is 4.00. The first-order chi connectivity index (χ1) is 6.84. The zero-order valence-electron chi connectivity index (χ0n) is 7.51. The maximum absolute atomic E-state index is 10.7. The predicted octanol–water partition coefficient (Wildman–Crippen LogP) is 1.87. The average molecular weight is 214 g/mol. The molecule has 1 aliphatic rings. The Morgan fingerprint density at radius 1 is 1.21 bits per heavy atom. The number of ether oxygens (including phenoxy) is 1. The van der Waals surface area contributed by atoms with E-state index in [-0.39, 0.29) is 6.10 Å². The van der Waals surface area contributed by atoms with Crippen LogP contribution in [0.25, 0.3) is 0 Å². The lowest BCUT2D eigenvalue weighted by atomic mass is 10.3. The molecule has 1 saturated heterocycles. The third kappa shape index (κ3) is 2.58. The normalized spacial score (nSPS) is 27.1. The Balaban J connectivity index is 1.89. The van der Waals surface area contributed by atoms with Gasteiger partial charge in [0, 0.05) is 0 Å². The van der Waals surface area contributed by atoms with Crippen LogP contribution in [0.5, 0.6) is 5.75 Å². The molecule has 1 aliphatic heterocycles. The van der Waals surface area contributed by atoms with E-state index in [1.54, 1.807) is 0 Å². The molecular formula is C9H11O4P. The largest absolute Gasteiger partial charge is 0.486 e. The lowest BCUT2D eigenvalue weighted by Crippen LogP contribution is -2.29. The summed E-state index contributed by atoms with van der Waals surface area (Å²) in [5, 5.41) is 0. The van der Waals surface area contributed by atoms with Crippen LogP contribution in [0.3, 0.4) is 0 Å². The fraction of sp³-hybridized carbons (Fsp3) is 0.333. The van der Waals surface area contributed by atoms with Crippen molar-refractivity contribution in [1.29, 1.82) is 0 Å². The van der Waals surface area contributed by atoms with Crippen molar-refractivity contribution in [2.75, 3.05) is 13.2 Å². The van der Waals surface area contributed by atoms with Crippen LogP contribution in [-0.4, -0.2) is 19.3 Å². The molecule has 0 aliphatic carbocycles. The van der Waals surface area contributed by atoms with Gasteiger partial charge in [0.05, 0.1) is 13.2 Å². The van der Waals surface area contributed by atoms with Gasteiger partial charge < -0.3 is 13.8 Å². The van der Waals surface area contributed by atoms with Gasteiger partial charge in [-0.1, -0.05) is 18.2 Å². The van der Waals surface area contributed by atoms with E-state index >= 15 is 0 Å². The second-order valence-electron chi connectivity index (χ2n) is 2.92. The first kappa shape index (κ1) is 9.71. The molecule has 4 nitrogen and oxygen atoms in total. The van der Waals surface area contributed by atoms with Crippen molar-refractivity contribution >= 4 is 8.25 Å². The number of hydrogen-bond acceptors (Lipinski definition) is 4. The third-order valence-corrected chi connectivity index (χ3v) is 2.62. The summed E-state index contributed by atoms with van der Waals surface area (Å²) in [5.41, 5.74) is 0. The van der Waals surface area contributed by atoms with Crippen molar-refractivity contribution < 1.29 is 18.3 Å². The molecule has 14 heavy (non-hydrogen) atoms. The molecule has 2 rings (SSSR count). The maximum atomic E-state index is 10.7. The van der Waals surface area contributed by atoms with Crippen molar-refractivity contribution in [3.8, 4) is 5.75 Å². The van der Waals surface area contributed by atoms with Crippen LogP contribution in [0.2, 0.25) is 0 Å². The van der Waals surface area contributed by atoms with E-state index in [1.165, 1.54) is 0 Å². The summed E-state index contributed by atoms with van der Waals surface area (Å²) in [4.78, 5) is 0. The Kier molecular flexibility index (Phi) is 3.19. The van der Waals surface area contributed by atoms with Crippen LogP contribution in [0, 0.1) is 0 Å². The van der Waals surface area contributed by atoms with Gasteiger partial charge in [0.1, 0.15) is 11.9 Å². The molecule has 0 bridgehead atoms. The van der Waals surface area contributed by atoms with Crippen molar-refractivity contribution in [1.82, 2.24) is 0 Å². The number of hydrogen-bond donors (Lipinski definition) is 0. The highest BCUT2D eigenvalue weighted by atomic mass is 31.1. The summed E-state index contributed by atoms with van der Waals surface area (Å²) in [6.45, 7) is 0.652. The molecule has 0 aromatic heterocycles. The van der Waals surface area contributed by atoms with Gasteiger partial charge in [-0.2, -0.15) is 0 Å². The monoisotopic (exact) mass is 214 g/mol. The number of para-hydroxylation sites is 1. The standard InChI is InChI=1S/C9H11O4P/c10-14-11-6-9(7-12-14)13-8-4-2-1-3-5-8/h1-5,9,14H,6-7H2. The highest BCUT2D eigenvalue weighted by Gasteiger charge is 2.19. The predicted molar refractivity (Wildman–Crippen MR) is 51.8 cm³/mol. The van der Waals surface area contributed by atoms with E-state index < -0.39 is 8.25 Å². The summed E-state index contributed by atoms with van der Waals surface area (Å²) in [6.07, 6.45) is -0.167. The summed E-state index contributed by atoms with van der Waals surface area (Å²) in [6, 6.07) is 9.42. The minimum atomic E-state index is -2.25. The van der Waals surface area contributed by atoms with Gasteiger partial charge in [0.25, 0.3) is 0 Å². The van der Waals surface area contributed by atoms with E-state index in [4.69, 9.17) is 13.8 Å². The molecule has 0 unspecified atom stereocenters. The van der Waals surface area contributed by atoms with E-state index in [2.05, 4.69) is 0 Å². The molecule has 0 N–H and O–H groups in total. The summed E-state index contributed by atoms with van der Waals surface area (Å²) in [5.74, 6) is 0.770. The van der Waals surface area contributed by atoms with Gasteiger partial charge in [-0.3, -0.25) is 4.57 Å². The average Bonchev–Trinajstić information content (AvgIpc) is 2.23. The molecule has 1 aromatic rings. The summed E-state index contributed by atoms with van der Waals surface area (Å²) >= 11 is 0. The highest BCUT2D eigenvalue weighted by molar-refractivity contribution is 7.33. The lowest BCUT2D eigenvalue weighted by Gasteiger charge is -2.22. The molecule has 1 heterocycles. The van der Waals surface area contributed by atoms with Gasteiger partial charge in [-0.15, -0.1) is 0 Å². The van der Waals surface area contributed by atoms with Crippen LogP contribution in [-0.2, 0) is 13.6 Å². The van der Waals surface area contributed by atoms with Gasteiger partial charge in [0.15, 0.2) is 0 Å². The van der Waals surface area contributed by atoms with Gasteiger partial charge >= 0.3 is 8.25 Å². The van der Waals surface area contributed by atoms with Gasteiger partial charge in [0.2, 0.25) is 0 Å². The van der Waals surface area contributed by atoms with Crippen molar-refractivity contribution in [3.05, 3.63) is 30.3 Å². The van der Waals surface area contributed by atoms with E-state index in [9.17, 15) is 4.57 Å². The van der Waals surface area contributed by atoms with Gasteiger partial charge in [-0.05, 0) is 12.1 Å². The zero-order valence-corrected chi connectivity index (χ0v) is 8.51. The summed E-state index contributed by atoms with van der Waals surface area (Å²) in [7, 11) is -2.25. The molecule has 0 spiro atoms. The van der Waals surface area contributed by atoms with Crippen molar-refractivity contribution in [2.24, 2.45) is 0 Å². The van der Waals surface area contributed by atoms with Crippen LogP contribution in [0.1, 0.15) is 0 Å². The third-order valence-electron chi connectivity index (χ3n) is 1.82. The molecular weight excluding hydrogens is 203 g/mol. The molecule has 1 fully saturated rings. The maximum Gasteiger partial charge on any atom is 0.319 e. The lowest BCUT2D eigenvalue weighted by molar-refractivity contribution is 0.0398. The van der Waals surface area contributed by atoms with Crippen LogP contribution < -0.4 is 4.74 Å². The first-order valence-corrected chi connectivity index (χ1v) is 5.58. The molecule has 0 amide bonds. The molecule has 76 valence electrons. The minimum absolute atomic E-state index is 0.167. The number of benzene rings is 1. The molecule has 5 heteroatoms. The van der Waals surface area contributed by atoms with Crippen LogP contribution in [0.4, 0.5) is 0 Å². The first-order valence-electron chi connectivity index (χ1n) is 4.36.